The molecular weight excluding hydrogens is 384 g/mol. The highest BCUT2D eigenvalue weighted by Gasteiger charge is 2.57. The lowest BCUT2D eigenvalue weighted by molar-refractivity contribution is 0.0170. The number of aromatic nitrogens is 3. The molecule has 2 aromatic rings. The molecule has 7 heteroatoms. The number of hydrogen-bond donors (Lipinski definition) is 1. The van der Waals surface area contributed by atoms with Crippen LogP contribution < -0.4 is 0 Å². The molecule has 1 aliphatic heterocycles. The lowest BCUT2D eigenvalue weighted by Gasteiger charge is -2.34. The zero-order valence-corrected chi connectivity index (χ0v) is 16.4. The van der Waals surface area contributed by atoms with Crippen molar-refractivity contribution in [2.45, 2.75) is 51.6 Å². The molecule has 1 amide bonds. The second kappa shape index (κ2) is 5.69. The Kier molecular flexibility index (Phi) is 3.83. The van der Waals surface area contributed by atoms with Gasteiger partial charge in [0, 0.05) is 29.7 Å². The van der Waals surface area contributed by atoms with Crippen LogP contribution in [0.5, 0.6) is 0 Å². The molecule has 1 saturated heterocycles. The summed E-state index contributed by atoms with van der Waals surface area (Å²) in [6, 6.07) is 2.01. The van der Waals surface area contributed by atoms with Crippen molar-refractivity contribution in [2.24, 2.45) is 5.41 Å². The molecule has 0 bridgehead atoms. The zero-order chi connectivity index (χ0) is 17.8. The molecule has 0 radical (unpaired) electrons. The van der Waals surface area contributed by atoms with E-state index in [0.29, 0.717) is 5.92 Å². The van der Waals surface area contributed by atoms with Gasteiger partial charge in [0.2, 0.25) is 0 Å². The molecule has 1 aliphatic carbocycles. The summed E-state index contributed by atoms with van der Waals surface area (Å²) in [4.78, 5) is 26.5. The lowest BCUT2D eigenvalue weighted by Crippen LogP contribution is -2.42. The van der Waals surface area contributed by atoms with E-state index >= 15 is 0 Å². The Morgan fingerprint density at radius 2 is 2.12 bits per heavy atom. The van der Waals surface area contributed by atoms with Gasteiger partial charge in [-0.1, -0.05) is 0 Å². The molecule has 25 heavy (non-hydrogen) atoms. The first-order valence-electron chi connectivity index (χ1n) is 8.75. The minimum absolute atomic E-state index is 0.197. The molecule has 1 atom stereocenters. The fourth-order valence-corrected chi connectivity index (χ4v) is 4.14. The van der Waals surface area contributed by atoms with Gasteiger partial charge in [-0.3, -0.25) is 0 Å². The molecule has 1 saturated carbocycles. The Labute approximate surface area is 155 Å². The highest BCUT2D eigenvalue weighted by atomic mass is 79.9. The number of H-pyrrole nitrogens is 1. The Hall–Kier alpha value is -1.63. The number of aromatic amines is 1. The maximum absolute atomic E-state index is 12.2. The van der Waals surface area contributed by atoms with Crippen LogP contribution in [0.1, 0.15) is 51.8 Å². The van der Waals surface area contributed by atoms with E-state index in [1.807, 2.05) is 31.7 Å². The molecule has 0 aromatic carbocycles. The number of piperidine rings is 1. The third kappa shape index (κ3) is 3.26. The lowest BCUT2D eigenvalue weighted by atomic mass is 9.91. The standard InChI is InChI=1S/C18H23BrN4O2/c1-17(2,3)25-16(24)23-6-4-18(5-7-23)9-12(18)14-21-13-8-11(19)10-20-15(13)22-14/h8,10,12H,4-7,9H2,1-3H3,(H,20,21,22). The van der Waals surface area contributed by atoms with Gasteiger partial charge in [-0.15, -0.1) is 0 Å². The first-order chi connectivity index (χ1) is 11.8. The van der Waals surface area contributed by atoms with E-state index in [1.165, 1.54) is 0 Å². The number of amides is 1. The van der Waals surface area contributed by atoms with E-state index in [1.54, 1.807) is 6.20 Å². The van der Waals surface area contributed by atoms with Crippen molar-refractivity contribution < 1.29 is 9.53 Å². The van der Waals surface area contributed by atoms with Crippen LogP contribution in [-0.4, -0.2) is 44.6 Å². The first kappa shape index (κ1) is 16.8. The van der Waals surface area contributed by atoms with Gasteiger partial charge < -0.3 is 14.6 Å². The third-order valence-electron chi connectivity index (χ3n) is 5.25. The summed E-state index contributed by atoms with van der Waals surface area (Å²) in [5.74, 6) is 1.48. The van der Waals surface area contributed by atoms with Crippen molar-refractivity contribution in [1.82, 2.24) is 19.9 Å². The van der Waals surface area contributed by atoms with Crippen molar-refractivity contribution in [2.75, 3.05) is 13.1 Å². The number of pyridine rings is 1. The Morgan fingerprint density at radius 3 is 2.80 bits per heavy atom. The second-order valence-corrected chi connectivity index (χ2v) is 9.15. The smallest absolute Gasteiger partial charge is 0.410 e. The average molecular weight is 407 g/mol. The third-order valence-corrected chi connectivity index (χ3v) is 5.69. The first-order valence-corrected chi connectivity index (χ1v) is 9.54. The van der Waals surface area contributed by atoms with Crippen molar-refractivity contribution in [3.8, 4) is 0 Å². The molecule has 4 rings (SSSR count). The van der Waals surface area contributed by atoms with Crippen LogP contribution in [0.25, 0.3) is 11.2 Å². The van der Waals surface area contributed by atoms with Gasteiger partial charge >= 0.3 is 6.09 Å². The summed E-state index contributed by atoms with van der Waals surface area (Å²) in [5.41, 5.74) is 1.58. The van der Waals surface area contributed by atoms with E-state index in [0.717, 1.165) is 53.8 Å². The number of carbonyl (C=O) groups excluding carboxylic acids is 1. The van der Waals surface area contributed by atoms with Crippen molar-refractivity contribution in [3.05, 3.63) is 22.6 Å². The molecule has 1 unspecified atom stereocenters. The SMILES string of the molecule is CC(C)(C)OC(=O)N1CCC2(CC1)CC2c1nc2ncc(Br)cc2[nH]1. The number of ether oxygens (including phenoxy) is 1. The predicted octanol–water partition coefficient (Wildman–Crippen LogP) is 4.23. The van der Waals surface area contributed by atoms with E-state index in [4.69, 9.17) is 4.74 Å². The number of imidazole rings is 1. The number of nitrogens with zero attached hydrogens (tertiary/aromatic N) is 3. The van der Waals surface area contributed by atoms with Gasteiger partial charge in [0.15, 0.2) is 5.65 Å². The minimum Gasteiger partial charge on any atom is -0.444 e. The summed E-state index contributed by atoms with van der Waals surface area (Å²) in [5, 5.41) is 0. The van der Waals surface area contributed by atoms with Crippen LogP contribution in [0.2, 0.25) is 0 Å². The number of hydrogen-bond acceptors (Lipinski definition) is 4. The summed E-state index contributed by atoms with van der Waals surface area (Å²) in [6.45, 7) is 7.23. The van der Waals surface area contributed by atoms with E-state index in [2.05, 4.69) is 30.9 Å². The molecule has 2 aromatic heterocycles. The summed E-state index contributed by atoms with van der Waals surface area (Å²) in [7, 11) is 0. The number of carbonyl (C=O) groups is 1. The van der Waals surface area contributed by atoms with E-state index in [-0.39, 0.29) is 11.5 Å². The normalized spacial score (nSPS) is 22.4. The molecular formula is C18H23BrN4O2. The highest BCUT2D eigenvalue weighted by Crippen LogP contribution is 2.64. The number of nitrogens with one attached hydrogen (secondary N) is 1. The largest absolute Gasteiger partial charge is 0.444 e. The van der Waals surface area contributed by atoms with Crippen molar-refractivity contribution in [3.63, 3.8) is 0 Å². The summed E-state index contributed by atoms with van der Waals surface area (Å²) in [6.07, 6.45) is 4.72. The number of halogens is 1. The molecule has 6 nitrogen and oxygen atoms in total. The van der Waals surface area contributed by atoms with Gasteiger partial charge in [-0.05, 0) is 67.4 Å². The van der Waals surface area contributed by atoms with Crippen molar-refractivity contribution >= 4 is 33.2 Å². The van der Waals surface area contributed by atoms with E-state index < -0.39 is 5.60 Å². The number of likely N-dealkylation sites (tertiary alicyclic amines) is 1. The Bertz CT molecular complexity index is 818. The van der Waals surface area contributed by atoms with Gasteiger partial charge in [0.25, 0.3) is 0 Å². The van der Waals surface area contributed by atoms with Crippen LogP contribution >= 0.6 is 15.9 Å². The maximum Gasteiger partial charge on any atom is 0.410 e. The minimum atomic E-state index is -0.441. The quantitative estimate of drug-likeness (QED) is 0.768. The predicted molar refractivity (Wildman–Crippen MR) is 98.4 cm³/mol. The molecule has 2 aliphatic rings. The summed E-state index contributed by atoms with van der Waals surface area (Å²) >= 11 is 3.45. The topological polar surface area (TPSA) is 71.1 Å². The van der Waals surface area contributed by atoms with Crippen LogP contribution in [0.4, 0.5) is 4.79 Å². The Morgan fingerprint density at radius 1 is 1.40 bits per heavy atom. The van der Waals surface area contributed by atoms with Crippen LogP contribution in [0, 0.1) is 5.41 Å². The zero-order valence-electron chi connectivity index (χ0n) is 14.8. The fourth-order valence-electron chi connectivity index (χ4n) is 3.81. The second-order valence-electron chi connectivity index (χ2n) is 8.23. The molecule has 134 valence electrons. The van der Waals surface area contributed by atoms with Crippen LogP contribution in [0.3, 0.4) is 0 Å². The monoisotopic (exact) mass is 406 g/mol. The van der Waals surface area contributed by atoms with Gasteiger partial charge in [0.05, 0.1) is 5.52 Å². The van der Waals surface area contributed by atoms with Crippen LogP contribution in [0.15, 0.2) is 16.7 Å². The number of rotatable bonds is 1. The average Bonchev–Trinajstić information content (AvgIpc) is 3.05. The molecule has 3 heterocycles. The van der Waals surface area contributed by atoms with E-state index in [9.17, 15) is 4.79 Å². The maximum atomic E-state index is 12.2. The molecule has 1 N–H and O–H groups in total. The van der Waals surface area contributed by atoms with Gasteiger partial charge in [-0.2, -0.15) is 0 Å². The fraction of sp³-hybridized carbons (Fsp3) is 0.611. The number of fused-ring (bicyclic) bond motifs is 1. The van der Waals surface area contributed by atoms with Crippen molar-refractivity contribution in [1.29, 1.82) is 0 Å². The molecule has 1 spiro atoms. The highest BCUT2D eigenvalue weighted by molar-refractivity contribution is 9.10. The van der Waals surface area contributed by atoms with Gasteiger partial charge in [-0.25, -0.2) is 14.8 Å². The molecule has 2 fully saturated rings. The Balaban J connectivity index is 1.42. The summed E-state index contributed by atoms with van der Waals surface area (Å²) < 4.78 is 6.43. The van der Waals surface area contributed by atoms with Gasteiger partial charge in [0.1, 0.15) is 11.4 Å². The van der Waals surface area contributed by atoms with Crippen LogP contribution in [-0.2, 0) is 4.74 Å².